The number of aliphatic hydroxyl groups is 1. The Morgan fingerprint density at radius 1 is 1.31 bits per heavy atom. The van der Waals surface area contributed by atoms with Crippen molar-refractivity contribution >= 4 is 28.6 Å². The molecule has 0 amide bonds. The zero-order chi connectivity index (χ0) is 11.4. The van der Waals surface area contributed by atoms with Crippen molar-refractivity contribution in [3.8, 4) is 0 Å². The number of hydrogen-bond donors (Lipinski definition) is 1. The molecule has 2 aromatic rings. The molecular formula is C13H12ClNO. The molecule has 2 rings (SSSR count). The van der Waals surface area contributed by atoms with E-state index in [4.69, 9.17) is 16.7 Å². The second-order valence-electron chi connectivity index (χ2n) is 3.48. The molecular weight excluding hydrogens is 222 g/mol. The number of benzene rings is 1. The summed E-state index contributed by atoms with van der Waals surface area (Å²) >= 11 is 6.05. The number of halogens is 1. The Kier molecular flexibility index (Phi) is 3.54. The SMILES string of the molecule is OCCC=Cc1ccc2c(Cl)ccnc2c1. The standard InChI is InChI=1S/C13H12ClNO/c14-12-6-7-15-13-9-10(3-1-2-8-16)4-5-11(12)13/h1,3-7,9,16H,2,8H2. The first-order valence-electron chi connectivity index (χ1n) is 5.13. The van der Waals surface area contributed by atoms with Crippen LogP contribution in [0.25, 0.3) is 17.0 Å². The highest BCUT2D eigenvalue weighted by atomic mass is 35.5. The first-order valence-corrected chi connectivity index (χ1v) is 5.51. The molecule has 2 nitrogen and oxygen atoms in total. The minimum absolute atomic E-state index is 0.175. The third-order valence-electron chi connectivity index (χ3n) is 2.32. The molecule has 0 radical (unpaired) electrons. The third kappa shape index (κ3) is 2.40. The van der Waals surface area contributed by atoms with E-state index in [1.165, 1.54) is 0 Å². The summed E-state index contributed by atoms with van der Waals surface area (Å²) in [4.78, 5) is 4.26. The van der Waals surface area contributed by atoms with E-state index in [0.29, 0.717) is 6.42 Å². The lowest BCUT2D eigenvalue weighted by Crippen LogP contribution is -1.81. The molecule has 0 aliphatic carbocycles. The molecule has 1 heterocycles. The van der Waals surface area contributed by atoms with Crippen molar-refractivity contribution < 1.29 is 5.11 Å². The summed E-state index contributed by atoms with van der Waals surface area (Å²) in [5.74, 6) is 0. The average Bonchev–Trinajstić information content (AvgIpc) is 2.30. The summed E-state index contributed by atoms with van der Waals surface area (Å²) in [5.41, 5.74) is 1.95. The van der Waals surface area contributed by atoms with Gasteiger partial charge in [0, 0.05) is 18.2 Å². The monoisotopic (exact) mass is 233 g/mol. The van der Waals surface area contributed by atoms with Crippen LogP contribution in [0.15, 0.2) is 36.5 Å². The largest absolute Gasteiger partial charge is 0.396 e. The van der Waals surface area contributed by atoms with E-state index >= 15 is 0 Å². The maximum absolute atomic E-state index is 8.67. The first kappa shape index (κ1) is 11.1. The molecule has 0 atom stereocenters. The molecule has 0 unspecified atom stereocenters. The normalized spacial score (nSPS) is 11.4. The van der Waals surface area contributed by atoms with Crippen LogP contribution >= 0.6 is 11.6 Å². The van der Waals surface area contributed by atoms with Crippen LogP contribution in [0.5, 0.6) is 0 Å². The summed E-state index contributed by atoms with van der Waals surface area (Å²) in [5, 5.41) is 10.4. The van der Waals surface area contributed by atoms with Crippen LogP contribution in [0.1, 0.15) is 12.0 Å². The number of pyridine rings is 1. The lowest BCUT2D eigenvalue weighted by Gasteiger charge is -2.00. The minimum atomic E-state index is 0.175. The maximum Gasteiger partial charge on any atom is 0.0722 e. The number of aliphatic hydroxyl groups excluding tert-OH is 1. The van der Waals surface area contributed by atoms with E-state index in [1.807, 2.05) is 30.4 Å². The van der Waals surface area contributed by atoms with Gasteiger partial charge in [0.2, 0.25) is 0 Å². The molecule has 3 heteroatoms. The van der Waals surface area contributed by atoms with Crippen molar-refractivity contribution in [2.24, 2.45) is 0 Å². The topological polar surface area (TPSA) is 33.1 Å². The molecule has 0 bridgehead atoms. The van der Waals surface area contributed by atoms with E-state index in [0.717, 1.165) is 21.5 Å². The quantitative estimate of drug-likeness (QED) is 0.883. The van der Waals surface area contributed by atoms with Gasteiger partial charge in [-0.2, -0.15) is 0 Å². The van der Waals surface area contributed by atoms with Gasteiger partial charge in [0.15, 0.2) is 0 Å². The number of nitrogens with zero attached hydrogens (tertiary/aromatic N) is 1. The van der Waals surface area contributed by atoms with Gasteiger partial charge >= 0.3 is 0 Å². The molecule has 0 fully saturated rings. The molecule has 0 spiro atoms. The fourth-order valence-corrected chi connectivity index (χ4v) is 1.74. The predicted octanol–water partition coefficient (Wildman–Crippen LogP) is 3.28. The molecule has 1 aromatic heterocycles. The van der Waals surface area contributed by atoms with Gasteiger partial charge < -0.3 is 5.11 Å². The van der Waals surface area contributed by atoms with Crippen LogP contribution in [0.2, 0.25) is 5.02 Å². The van der Waals surface area contributed by atoms with Crippen LogP contribution in [0.3, 0.4) is 0 Å². The Hall–Kier alpha value is -1.38. The van der Waals surface area contributed by atoms with Crippen LogP contribution in [0, 0.1) is 0 Å². The molecule has 0 saturated heterocycles. The summed E-state index contributed by atoms with van der Waals surface area (Å²) in [6.45, 7) is 0.175. The van der Waals surface area contributed by atoms with E-state index in [2.05, 4.69) is 4.98 Å². The summed E-state index contributed by atoms with van der Waals surface area (Å²) in [6, 6.07) is 7.72. The Bertz CT molecular complexity index is 522. The van der Waals surface area contributed by atoms with Crippen molar-refractivity contribution in [2.75, 3.05) is 6.61 Å². The van der Waals surface area contributed by atoms with Gasteiger partial charge in [0.05, 0.1) is 10.5 Å². The Balaban J connectivity index is 2.37. The maximum atomic E-state index is 8.67. The lowest BCUT2D eigenvalue weighted by molar-refractivity contribution is 0.303. The summed E-state index contributed by atoms with van der Waals surface area (Å²) < 4.78 is 0. The van der Waals surface area contributed by atoms with Gasteiger partial charge in [-0.15, -0.1) is 0 Å². The van der Waals surface area contributed by atoms with E-state index in [1.54, 1.807) is 12.3 Å². The highest BCUT2D eigenvalue weighted by molar-refractivity contribution is 6.35. The van der Waals surface area contributed by atoms with Gasteiger partial charge in [-0.3, -0.25) is 4.98 Å². The highest BCUT2D eigenvalue weighted by Crippen LogP contribution is 2.22. The lowest BCUT2D eigenvalue weighted by atomic mass is 10.1. The van der Waals surface area contributed by atoms with E-state index in [9.17, 15) is 0 Å². The van der Waals surface area contributed by atoms with Gasteiger partial charge in [-0.1, -0.05) is 35.9 Å². The highest BCUT2D eigenvalue weighted by Gasteiger charge is 1.99. The van der Waals surface area contributed by atoms with Crippen LogP contribution in [-0.2, 0) is 0 Å². The molecule has 0 aliphatic rings. The second-order valence-corrected chi connectivity index (χ2v) is 3.89. The molecule has 16 heavy (non-hydrogen) atoms. The van der Waals surface area contributed by atoms with Crippen molar-refractivity contribution in [1.29, 1.82) is 0 Å². The Morgan fingerprint density at radius 3 is 3.00 bits per heavy atom. The number of fused-ring (bicyclic) bond motifs is 1. The second kappa shape index (κ2) is 5.10. The minimum Gasteiger partial charge on any atom is -0.396 e. The van der Waals surface area contributed by atoms with Crippen LogP contribution in [0.4, 0.5) is 0 Å². The van der Waals surface area contributed by atoms with Gasteiger partial charge in [0.25, 0.3) is 0 Å². The Labute approximate surface area is 99.2 Å². The first-order chi connectivity index (χ1) is 7.81. The van der Waals surface area contributed by atoms with E-state index < -0.39 is 0 Å². The number of rotatable bonds is 3. The summed E-state index contributed by atoms with van der Waals surface area (Å²) in [7, 11) is 0. The van der Waals surface area contributed by atoms with Crippen molar-refractivity contribution in [3.63, 3.8) is 0 Å². The summed E-state index contributed by atoms with van der Waals surface area (Å²) in [6.07, 6.45) is 6.27. The van der Waals surface area contributed by atoms with Crippen molar-refractivity contribution in [2.45, 2.75) is 6.42 Å². The van der Waals surface area contributed by atoms with Gasteiger partial charge in [0.1, 0.15) is 0 Å². The van der Waals surface area contributed by atoms with Gasteiger partial charge in [-0.05, 0) is 24.1 Å². The molecule has 0 saturated carbocycles. The van der Waals surface area contributed by atoms with Crippen molar-refractivity contribution in [3.05, 3.63) is 47.1 Å². The number of aromatic nitrogens is 1. The Morgan fingerprint density at radius 2 is 2.19 bits per heavy atom. The third-order valence-corrected chi connectivity index (χ3v) is 2.65. The fourth-order valence-electron chi connectivity index (χ4n) is 1.53. The fraction of sp³-hybridized carbons (Fsp3) is 0.154. The van der Waals surface area contributed by atoms with Crippen LogP contribution < -0.4 is 0 Å². The molecule has 1 N–H and O–H groups in total. The molecule has 1 aromatic carbocycles. The average molecular weight is 234 g/mol. The van der Waals surface area contributed by atoms with Crippen molar-refractivity contribution in [1.82, 2.24) is 4.98 Å². The molecule has 0 aliphatic heterocycles. The number of hydrogen-bond acceptors (Lipinski definition) is 2. The molecule has 82 valence electrons. The zero-order valence-corrected chi connectivity index (χ0v) is 9.48. The van der Waals surface area contributed by atoms with Crippen LogP contribution in [-0.4, -0.2) is 16.7 Å². The smallest absolute Gasteiger partial charge is 0.0722 e. The zero-order valence-electron chi connectivity index (χ0n) is 8.73. The van der Waals surface area contributed by atoms with Gasteiger partial charge in [-0.25, -0.2) is 0 Å². The van der Waals surface area contributed by atoms with E-state index in [-0.39, 0.29) is 6.61 Å². The predicted molar refractivity (Wildman–Crippen MR) is 67.5 cm³/mol.